The van der Waals surface area contributed by atoms with Gasteiger partial charge in [-0.1, -0.05) is 11.6 Å². The van der Waals surface area contributed by atoms with Crippen molar-refractivity contribution < 1.29 is 18.0 Å². The standard InChI is InChI=1S/C13H19ClN4O4S2/c1-9(12(19)16-13(20)15-2)17-5-7-18(8-6-17)24(21,22)11-4-3-10(14)23-11/h3-4,9H,5-8H2,1-2H3,(H2,15,16,19,20)/t9-/m0/s1. The van der Waals surface area contributed by atoms with Crippen molar-refractivity contribution in [2.45, 2.75) is 17.2 Å². The second-order valence-corrected chi connectivity index (χ2v) is 9.12. The van der Waals surface area contributed by atoms with Crippen LogP contribution in [0.4, 0.5) is 4.79 Å². The quantitative estimate of drug-likeness (QED) is 0.777. The van der Waals surface area contributed by atoms with Crippen LogP contribution in [-0.4, -0.2) is 68.8 Å². The highest BCUT2D eigenvalue weighted by Crippen LogP contribution is 2.28. The Kier molecular flexibility index (Phi) is 6.21. The smallest absolute Gasteiger partial charge is 0.321 e. The van der Waals surface area contributed by atoms with Crippen LogP contribution in [0, 0.1) is 0 Å². The van der Waals surface area contributed by atoms with E-state index in [1.54, 1.807) is 13.0 Å². The maximum Gasteiger partial charge on any atom is 0.321 e. The zero-order valence-electron chi connectivity index (χ0n) is 13.3. The normalized spacial score (nSPS) is 18.1. The van der Waals surface area contributed by atoms with Crippen molar-refractivity contribution in [3.05, 3.63) is 16.5 Å². The molecular formula is C13H19ClN4O4S2. The van der Waals surface area contributed by atoms with Crippen LogP contribution in [0.2, 0.25) is 4.34 Å². The maximum atomic E-state index is 12.5. The number of sulfonamides is 1. The summed E-state index contributed by atoms with van der Waals surface area (Å²) in [5.74, 6) is -0.421. The Labute approximate surface area is 149 Å². The minimum atomic E-state index is -3.56. The Bertz CT molecular complexity index is 713. The number of imide groups is 1. The summed E-state index contributed by atoms with van der Waals surface area (Å²) in [5.41, 5.74) is 0. The summed E-state index contributed by atoms with van der Waals surface area (Å²) in [5, 5.41) is 4.54. The molecular weight excluding hydrogens is 376 g/mol. The third-order valence-electron chi connectivity index (χ3n) is 3.81. The molecule has 2 N–H and O–H groups in total. The third kappa shape index (κ3) is 4.25. The molecule has 1 saturated heterocycles. The lowest BCUT2D eigenvalue weighted by Crippen LogP contribution is -2.56. The van der Waals surface area contributed by atoms with Crippen LogP contribution >= 0.6 is 22.9 Å². The van der Waals surface area contributed by atoms with E-state index in [2.05, 4.69) is 10.6 Å². The van der Waals surface area contributed by atoms with Crippen molar-refractivity contribution in [1.29, 1.82) is 0 Å². The number of hydrogen-bond acceptors (Lipinski definition) is 6. The van der Waals surface area contributed by atoms with E-state index in [0.29, 0.717) is 17.4 Å². The van der Waals surface area contributed by atoms with Gasteiger partial charge in [0.1, 0.15) is 4.21 Å². The molecule has 1 atom stereocenters. The molecule has 0 bridgehead atoms. The topological polar surface area (TPSA) is 98.8 Å². The number of carbonyl (C=O) groups is 2. The summed E-state index contributed by atoms with van der Waals surface area (Å²) in [6.45, 7) is 3.04. The fraction of sp³-hybridized carbons (Fsp3) is 0.538. The van der Waals surface area contributed by atoms with Crippen molar-refractivity contribution in [2.75, 3.05) is 33.2 Å². The molecule has 0 saturated carbocycles. The lowest BCUT2D eigenvalue weighted by molar-refractivity contribution is -0.125. The molecule has 1 fully saturated rings. The molecule has 11 heteroatoms. The van der Waals surface area contributed by atoms with E-state index in [1.807, 2.05) is 4.90 Å². The number of amides is 3. The fourth-order valence-electron chi connectivity index (χ4n) is 2.34. The summed E-state index contributed by atoms with van der Waals surface area (Å²) < 4.78 is 27.1. The highest BCUT2D eigenvalue weighted by atomic mass is 35.5. The van der Waals surface area contributed by atoms with Crippen LogP contribution in [0.15, 0.2) is 16.3 Å². The highest BCUT2D eigenvalue weighted by Gasteiger charge is 2.32. The van der Waals surface area contributed by atoms with Gasteiger partial charge in [0.25, 0.3) is 10.0 Å². The van der Waals surface area contributed by atoms with Crippen LogP contribution in [0.25, 0.3) is 0 Å². The molecule has 3 amide bonds. The molecule has 0 aromatic carbocycles. The van der Waals surface area contributed by atoms with E-state index < -0.39 is 28.0 Å². The van der Waals surface area contributed by atoms with E-state index in [4.69, 9.17) is 11.6 Å². The minimum Gasteiger partial charge on any atom is -0.341 e. The second-order valence-electron chi connectivity index (χ2n) is 5.24. The summed E-state index contributed by atoms with van der Waals surface area (Å²) >= 11 is 6.83. The first kappa shape index (κ1) is 19.1. The van der Waals surface area contributed by atoms with Gasteiger partial charge in [0.05, 0.1) is 10.4 Å². The average molecular weight is 395 g/mol. The summed E-state index contributed by atoms with van der Waals surface area (Å²) in [6, 6.07) is 1.96. The van der Waals surface area contributed by atoms with Gasteiger partial charge in [-0.15, -0.1) is 11.3 Å². The Hall–Kier alpha value is -1.20. The van der Waals surface area contributed by atoms with Crippen molar-refractivity contribution in [2.24, 2.45) is 0 Å². The van der Waals surface area contributed by atoms with E-state index in [-0.39, 0.29) is 17.3 Å². The molecule has 0 radical (unpaired) electrons. The van der Waals surface area contributed by atoms with Crippen LogP contribution in [0.3, 0.4) is 0 Å². The molecule has 134 valence electrons. The molecule has 2 rings (SSSR count). The summed E-state index contributed by atoms with van der Waals surface area (Å²) in [6.07, 6.45) is 0. The SMILES string of the molecule is CNC(=O)NC(=O)[C@H](C)N1CCN(S(=O)(=O)c2ccc(Cl)s2)CC1. The first-order chi connectivity index (χ1) is 11.3. The van der Waals surface area contributed by atoms with E-state index in [0.717, 1.165) is 11.3 Å². The van der Waals surface area contributed by atoms with Gasteiger partial charge in [-0.25, -0.2) is 13.2 Å². The number of urea groups is 1. The average Bonchev–Trinajstić information content (AvgIpc) is 3.01. The predicted octanol–water partition coefficient (Wildman–Crippen LogP) is 0.552. The zero-order valence-corrected chi connectivity index (χ0v) is 15.7. The number of piperazine rings is 1. The Balaban J connectivity index is 1.96. The Morgan fingerprint density at radius 2 is 1.88 bits per heavy atom. The first-order valence-corrected chi connectivity index (χ1v) is 9.91. The van der Waals surface area contributed by atoms with Crippen molar-refractivity contribution >= 4 is 44.9 Å². The van der Waals surface area contributed by atoms with Crippen LogP contribution in [0.5, 0.6) is 0 Å². The third-order valence-corrected chi connectivity index (χ3v) is 7.40. The maximum absolute atomic E-state index is 12.5. The molecule has 8 nitrogen and oxygen atoms in total. The van der Waals surface area contributed by atoms with Gasteiger partial charge in [0.2, 0.25) is 5.91 Å². The molecule has 0 spiro atoms. The number of nitrogens with one attached hydrogen (secondary N) is 2. The molecule has 1 aromatic rings. The number of hydrogen-bond donors (Lipinski definition) is 2. The Morgan fingerprint density at radius 1 is 1.25 bits per heavy atom. The lowest BCUT2D eigenvalue weighted by Gasteiger charge is -2.36. The molecule has 1 aliphatic heterocycles. The van der Waals surface area contributed by atoms with Gasteiger partial charge in [-0.3, -0.25) is 15.0 Å². The fourth-order valence-corrected chi connectivity index (χ4v) is 5.40. The van der Waals surface area contributed by atoms with E-state index >= 15 is 0 Å². The number of halogens is 1. The molecule has 24 heavy (non-hydrogen) atoms. The summed E-state index contributed by atoms with van der Waals surface area (Å²) in [4.78, 5) is 25.0. The molecule has 1 aromatic heterocycles. The molecule has 0 unspecified atom stereocenters. The van der Waals surface area contributed by atoms with Crippen molar-refractivity contribution in [1.82, 2.24) is 19.8 Å². The number of carbonyl (C=O) groups excluding carboxylic acids is 2. The van der Waals surface area contributed by atoms with Gasteiger partial charge in [-0.2, -0.15) is 4.31 Å². The van der Waals surface area contributed by atoms with Gasteiger partial charge in [0.15, 0.2) is 0 Å². The van der Waals surface area contributed by atoms with Crippen LogP contribution in [-0.2, 0) is 14.8 Å². The first-order valence-electron chi connectivity index (χ1n) is 7.28. The van der Waals surface area contributed by atoms with E-state index in [1.165, 1.54) is 17.4 Å². The minimum absolute atomic E-state index is 0.214. The second kappa shape index (κ2) is 7.79. The van der Waals surface area contributed by atoms with Gasteiger partial charge >= 0.3 is 6.03 Å². The number of nitrogens with zero attached hydrogens (tertiary/aromatic N) is 2. The molecule has 0 aliphatic carbocycles. The zero-order chi connectivity index (χ0) is 17.9. The van der Waals surface area contributed by atoms with Crippen LogP contribution < -0.4 is 10.6 Å². The summed E-state index contributed by atoms with van der Waals surface area (Å²) in [7, 11) is -2.13. The lowest BCUT2D eigenvalue weighted by atomic mass is 10.2. The number of rotatable bonds is 4. The van der Waals surface area contributed by atoms with Gasteiger partial charge < -0.3 is 5.32 Å². The highest BCUT2D eigenvalue weighted by molar-refractivity contribution is 7.91. The number of thiophene rings is 1. The van der Waals surface area contributed by atoms with Gasteiger partial charge in [0, 0.05) is 33.2 Å². The van der Waals surface area contributed by atoms with Gasteiger partial charge in [-0.05, 0) is 19.1 Å². The molecule has 1 aliphatic rings. The van der Waals surface area contributed by atoms with Crippen molar-refractivity contribution in [3.8, 4) is 0 Å². The largest absolute Gasteiger partial charge is 0.341 e. The monoisotopic (exact) mass is 394 g/mol. The predicted molar refractivity (Wildman–Crippen MR) is 91.7 cm³/mol. The van der Waals surface area contributed by atoms with Crippen molar-refractivity contribution in [3.63, 3.8) is 0 Å². The van der Waals surface area contributed by atoms with E-state index in [9.17, 15) is 18.0 Å². The van der Waals surface area contributed by atoms with Crippen LogP contribution in [0.1, 0.15) is 6.92 Å². The Morgan fingerprint density at radius 3 is 2.38 bits per heavy atom. The molecule has 2 heterocycles.